The Morgan fingerprint density at radius 2 is 2.09 bits per heavy atom. The molecule has 1 heterocycles. The number of ether oxygens (including phenoxy) is 1. The Hall–Kier alpha value is -2.35. The quantitative estimate of drug-likeness (QED) is 0.631. The molecule has 9 atom stereocenters. The maximum Gasteiger partial charge on any atom is 0.414 e. The third-order valence-corrected chi connectivity index (χ3v) is 10.1. The highest BCUT2D eigenvalue weighted by Gasteiger charge is 2.74. The molecule has 1 amide bonds. The fourth-order valence-corrected chi connectivity index (χ4v) is 8.81. The van der Waals surface area contributed by atoms with Crippen molar-refractivity contribution in [2.24, 2.45) is 39.9 Å². The number of rotatable bonds is 3. The van der Waals surface area contributed by atoms with Crippen LogP contribution in [0.4, 0.5) is 13.6 Å². The topological polar surface area (TPSA) is 83.9 Å². The normalized spacial score (nSPS) is 46.7. The van der Waals surface area contributed by atoms with E-state index in [-0.39, 0.29) is 55.4 Å². The molecule has 5 aliphatic rings. The van der Waals surface area contributed by atoms with Crippen LogP contribution in [0, 0.1) is 39.9 Å². The SMILES string of the molecule is C=COC(=O)N1CC2CC3C4CC(F)C5=CC(=O)C=CC5(C)C4C(O)CC3(C)C2(C(=O)CF)C1. The lowest BCUT2D eigenvalue weighted by Gasteiger charge is -2.60. The van der Waals surface area contributed by atoms with Crippen molar-refractivity contribution >= 4 is 17.7 Å². The van der Waals surface area contributed by atoms with Crippen LogP contribution in [0.2, 0.25) is 0 Å². The maximum atomic E-state index is 15.5. The number of Topliss-reactive ketones (excluding diaryl/α,β-unsaturated/α-hetero) is 1. The molecular formula is C26H31F2NO5. The fraction of sp³-hybridized carbons (Fsp3) is 0.654. The summed E-state index contributed by atoms with van der Waals surface area (Å²) in [5.41, 5.74) is -2.36. The van der Waals surface area contributed by atoms with Gasteiger partial charge in [-0.25, -0.2) is 13.6 Å². The number of carbonyl (C=O) groups excluding carboxylic acids is 3. The van der Waals surface area contributed by atoms with Gasteiger partial charge in [0.15, 0.2) is 11.6 Å². The first-order valence-corrected chi connectivity index (χ1v) is 12.0. The lowest BCUT2D eigenvalue weighted by atomic mass is 9.44. The molecule has 1 saturated heterocycles. The molecule has 6 nitrogen and oxygen atoms in total. The molecule has 0 aromatic rings. The van der Waals surface area contributed by atoms with Crippen molar-refractivity contribution in [1.82, 2.24) is 4.90 Å². The van der Waals surface area contributed by atoms with Gasteiger partial charge in [-0.15, -0.1) is 0 Å². The van der Waals surface area contributed by atoms with E-state index in [1.54, 1.807) is 6.08 Å². The molecule has 0 bridgehead atoms. The first-order valence-electron chi connectivity index (χ1n) is 12.0. The van der Waals surface area contributed by atoms with E-state index in [9.17, 15) is 23.9 Å². The number of halogens is 2. The lowest BCUT2D eigenvalue weighted by molar-refractivity contribution is -0.160. The zero-order valence-corrected chi connectivity index (χ0v) is 19.5. The summed E-state index contributed by atoms with van der Waals surface area (Å²) in [6, 6.07) is 0. The van der Waals surface area contributed by atoms with E-state index in [4.69, 9.17) is 4.74 Å². The number of aliphatic hydroxyl groups excluding tert-OH is 1. The minimum atomic E-state index is -1.33. The maximum absolute atomic E-state index is 15.5. The van der Waals surface area contributed by atoms with Crippen molar-refractivity contribution in [2.45, 2.75) is 45.4 Å². The molecule has 1 aliphatic heterocycles. The number of alkyl halides is 2. The highest BCUT2D eigenvalue weighted by atomic mass is 19.1. The predicted molar refractivity (Wildman–Crippen MR) is 119 cm³/mol. The van der Waals surface area contributed by atoms with Gasteiger partial charge in [-0.3, -0.25) is 9.59 Å². The Bertz CT molecular complexity index is 1020. The number of hydrogen-bond donors (Lipinski definition) is 1. The first kappa shape index (κ1) is 23.4. The van der Waals surface area contributed by atoms with Gasteiger partial charge in [0.1, 0.15) is 12.8 Å². The summed E-state index contributed by atoms with van der Waals surface area (Å²) in [5.74, 6) is -1.80. The number of ketones is 2. The molecule has 5 rings (SSSR count). The highest BCUT2D eigenvalue weighted by molar-refractivity contribution is 6.01. The van der Waals surface area contributed by atoms with Crippen LogP contribution in [0.1, 0.15) is 33.1 Å². The largest absolute Gasteiger partial charge is 0.419 e. The van der Waals surface area contributed by atoms with Crippen LogP contribution < -0.4 is 0 Å². The van der Waals surface area contributed by atoms with Gasteiger partial charge >= 0.3 is 6.09 Å². The number of aliphatic hydroxyl groups is 1. The molecule has 0 aromatic heterocycles. The summed E-state index contributed by atoms with van der Waals surface area (Å²) in [7, 11) is 0. The number of hydrogen-bond acceptors (Lipinski definition) is 5. The molecule has 9 unspecified atom stereocenters. The smallest absolute Gasteiger partial charge is 0.414 e. The Morgan fingerprint density at radius 1 is 1.35 bits per heavy atom. The second kappa shape index (κ2) is 7.57. The van der Waals surface area contributed by atoms with Crippen molar-refractivity contribution in [3.8, 4) is 0 Å². The van der Waals surface area contributed by atoms with Gasteiger partial charge in [-0.2, -0.15) is 0 Å². The Kier molecular flexibility index (Phi) is 5.21. The zero-order valence-electron chi connectivity index (χ0n) is 19.5. The van der Waals surface area contributed by atoms with Crippen LogP contribution >= 0.6 is 0 Å². The van der Waals surface area contributed by atoms with Gasteiger partial charge in [-0.05, 0) is 60.2 Å². The molecule has 4 aliphatic carbocycles. The molecule has 4 fully saturated rings. The third kappa shape index (κ3) is 2.77. The van der Waals surface area contributed by atoms with Crippen molar-refractivity contribution in [3.05, 3.63) is 36.6 Å². The standard InChI is InChI=1S/C26H31F2NO5/c1-4-34-23(33)29-12-14-7-17-16-9-19(28)18-8-15(30)5-6-24(18,2)22(16)20(31)10-25(17,3)26(14,13-29)21(32)11-27/h4-6,8,14,16-17,19-20,22,31H,1,7,9-13H2,2-3H3. The van der Waals surface area contributed by atoms with Crippen molar-refractivity contribution in [3.63, 3.8) is 0 Å². The lowest BCUT2D eigenvalue weighted by Crippen LogP contribution is -2.61. The summed E-state index contributed by atoms with van der Waals surface area (Å²) in [6.45, 7) is 6.29. The Labute approximate surface area is 197 Å². The van der Waals surface area contributed by atoms with Crippen LogP contribution in [0.5, 0.6) is 0 Å². The summed E-state index contributed by atoms with van der Waals surface area (Å²) in [6.07, 6.45) is 3.66. The highest BCUT2D eigenvalue weighted by Crippen LogP contribution is 2.72. The van der Waals surface area contributed by atoms with E-state index < -0.39 is 47.1 Å². The minimum Gasteiger partial charge on any atom is -0.419 e. The monoisotopic (exact) mass is 475 g/mol. The summed E-state index contributed by atoms with van der Waals surface area (Å²) < 4.78 is 34.5. The predicted octanol–water partition coefficient (Wildman–Crippen LogP) is 3.56. The summed E-state index contributed by atoms with van der Waals surface area (Å²) in [5, 5.41) is 11.5. The molecule has 8 heteroatoms. The molecule has 0 radical (unpaired) electrons. The fourth-order valence-electron chi connectivity index (χ4n) is 8.81. The van der Waals surface area contributed by atoms with E-state index in [1.165, 1.54) is 17.1 Å². The number of allylic oxidation sites excluding steroid dienone is 4. The van der Waals surface area contributed by atoms with Crippen LogP contribution in [0.3, 0.4) is 0 Å². The van der Waals surface area contributed by atoms with Gasteiger partial charge in [0.25, 0.3) is 0 Å². The molecule has 0 aromatic carbocycles. The van der Waals surface area contributed by atoms with Crippen molar-refractivity contribution < 1.29 is 33.0 Å². The van der Waals surface area contributed by atoms with E-state index in [1.807, 2.05) is 13.8 Å². The van der Waals surface area contributed by atoms with Crippen LogP contribution in [-0.2, 0) is 14.3 Å². The van der Waals surface area contributed by atoms with Gasteiger partial charge in [0.2, 0.25) is 0 Å². The molecule has 1 N–H and O–H groups in total. The molecule has 0 spiro atoms. The van der Waals surface area contributed by atoms with Crippen LogP contribution in [0.15, 0.2) is 36.6 Å². The third-order valence-electron chi connectivity index (χ3n) is 10.1. The van der Waals surface area contributed by atoms with Crippen LogP contribution in [0.25, 0.3) is 0 Å². The van der Waals surface area contributed by atoms with Gasteiger partial charge in [-0.1, -0.05) is 26.5 Å². The molecular weight excluding hydrogens is 444 g/mol. The molecule has 34 heavy (non-hydrogen) atoms. The van der Waals surface area contributed by atoms with E-state index >= 15 is 4.39 Å². The second-order valence-electron chi connectivity index (χ2n) is 11.2. The average molecular weight is 476 g/mol. The number of nitrogens with zero attached hydrogens (tertiary/aromatic N) is 1. The molecule has 3 saturated carbocycles. The van der Waals surface area contributed by atoms with Crippen molar-refractivity contribution in [1.29, 1.82) is 0 Å². The number of carbonyl (C=O) groups is 3. The van der Waals surface area contributed by atoms with Gasteiger partial charge < -0.3 is 14.7 Å². The van der Waals surface area contributed by atoms with E-state index in [0.29, 0.717) is 12.0 Å². The summed E-state index contributed by atoms with van der Waals surface area (Å²) >= 11 is 0. The Balaban J connectivity index is 1.57. The number of amides is 1. The van der Waals surface area contributed by atoms with Crippen LogP contribution in [-0.4, -0.2) is 59.7 Å². The average Bonchev–Trinajstić information content (AvgIpc) is 3.28. The summed E-state index contributed by atoms with van der Waals surface area (Å²) in [4.78, 5) is 39.1. The van der Waals surface area contributed by atoms with Gasteiger partial charge in [0, 0.05) is 24.4 Å². The zero-order chi connectivity index (χ0) is 24.6. The van der Waals surface area contributed by atoms with Gasteiger partial charge in [0.05, 0.1) is 17.8 Å². The second-order valence-corrected chi connectivity index (χ2v) is 11.2. The number of fused-ring (bicyclic) bond motifs is 7. The number of likely N-dealkylation sites (tertiary alicyclic amines) is 1. The van der Waals surface area contributed by atoms with E-state index in [0.717, 1.165) is 6.26 Å². The Morgan fingerprint density at radius 3 is 2.76 bits per heavy atom. The first-order chi connectivity index (χ1) is 16.0. The molecule has 184 valence electrons. The minimum absolute atomic E-state index is 0.0140. The van der Waals surface area contributed by atoms with E-state index in [2.05, 4.69) is 6.58 Å². The van der Waals surface area contributed by atoms with Crippen molar-refractivity contribution in [2.75, 3.05) is 19.8 Å².